The topological polar surface area (TPSA) is 107 Å². The van der Waals surface area contributed by atoms with Gasteiger partial charge in [0.2, 0.25) is 0 Å². The molecule has 1 N–H and O–H groups in total. The van der Waals surface area contributed by atoms with Crippen LogP contribution in [-0.2, 0) is 14.9 Å². The van der Waals surface area contributed by atoms with Gasteiger partial charge in [-0.25, -0.2) is 9.59 Å². The number of carbonyl (C=O) groups is 2. The van der Waals surface area contributed by atoms with Crippen molar-refractivity contribution in [3.8, 4) is 5.75 Å². The third-order valence-electron chi connectivity index (χ3n) is 2.87. The van der Waals surface area contributed by atoms with Crippen LogP contribution in [0.25, 0.3) is 0 Å². The van der Waals surface area contributed by atoms with E-state index in [2.05, 4.69) is 4.74 Å². The Kier molecular flexibility index (Phi) is 4.77. The van der Waals surface area contributed by atoms with Crippen molar-refractivity contribution < 1.29 is 32.0 Å². The molecule has 0 radical (unpaired) electrons. The molecule has 0 aliphatic rings. The maximum Gasteiger partial charge on any atom is 0.347 e. The Balaban J connectivity index is 2.39. The Morgan fingerprint density at radius 3 is 2.17 bits per heavy atom. The highest BCUT2D eigenvalue weighted by Crippen LogP contribution is 2.28. The van der Waals surface area contributed by atoms with Gasteiger partial charge in [0, 0.05) is 0 Å². The van der Waals surface area contributed by atoms with Crippen LogP contribution in [0.1, 0.15) is 20.7 Å². The zero-order valence-corrected chi connectivity index (χ0v) is 12.7. The molecule has 8 heteroatoms. The minimum absolute atomic E-state index is 0.122. The molecule has 120 valence electrons. The second kappa shape index (κ2) is 6.59. The van der Waals surface area contributed by atoms with Gasteiger partial charge in [-0.15, -0.1) is 0 Å². The van der Waals surface area contributed by atoms with Crippen LogP contribution in [0.2, 0.25) is 0 Å². The van der Waals surface area contributed by atoms with Crippen molar-refractivity contribution >= 4 is 22.1 Å². The fourth-order valence-electron chi connectivity index (χ4n) is 1.88. The normalized spacial score (nSPS) is 10.9. The second-order valence-electron chi connectivity index (χ2n) is 4.36. The number of benzene rings is 2. The summed E-state index contributed by atoms with van der Waals surface area (Å²) in [6, 6.07) is 11.4. The molecule has 0 spiro atoms. The quantitative estimate of drug-likeness (QED) is 0.516. The molecule has 7 nitrogen and oxygen atoms in total. The number of hydrogen-bond donors (Lipinski definition) is 1. The van der Waals surface area contributed by atoms with E-state index < -0.39 is 32.5 Å². The Morgan fingerprint density at radius 2 is 1.61 bits per heavy atom. The lowest BCUT2D eigenvalue weighted by molar-refractivity contribution is 0.0394. The van der Waals surface area contributed by atoms with E-state index in [0.29, 0.717) is 0 Å². The van der Waals surface area contributed by atoms with Gasteiger partial charge >= 0.3 is 11.9 Å². The molecular formula is C15H12O7S. The fraction of sp³-hybridized carbons (Fsp3) is 0.0667. The van der Waals surface area contributed by atoms with Crippen molar-refractivity contribution in [2.24, 2.45) is 0 Å². The predicted octanol–water partition coefficient (Wildman–Crippen LogP) is 1.94. The van der Waals surface area contributed by atoms with Crippen LogP contribution in [0.3, 0.4) is 0 Å². The molecule has 0 atom stereocenters. The van der Waals surface area contributed by atoms with E-state index >= 15 is 0 Å². The fourth-order valence-corrected chi connectivity index (χ4v) is 2.71. The van der Waals surface area contributed by atoms with Crippen molar-refractivity contribution in [1.82, 2.24) is 0 Å². The van der Waals surface area contributed by atoms with Gasteiger partial charge in [-0.1, -0.05) is 24.3 Å². The van der Waals surface area contributed by atoms with Gasteiger partial charge in [-0.05, 0) is 24.3 Å². The second-order valence-corrected chi connectivity index (χ2v) is 5.71. The largest absolute Gasteiger partial charge is 0.495 e. The van der Waals surface area contributed by atoms with E-state index in [1.165, 1.54) is 31.4 Å². The van der Waals surface area contributed by atoms with Gasteiger partial charge in [0.15, 0.2) is 4.90 Å². The number of ether oxygens (including phenoxy) is 2. The SMILES string of the molecule is COc1cccc(C(=O)OC(=O)c2ccccc2)c1S(=O)(=O)O. The monoisotopic (exact) mass is 336 g/mol. The molecular weight excluding hydrogens is 324 g/mol. The molecule has 0 saturated heterocycles. The van der Waals surface area contributed by atoms with Crippen LogP contribution in [-0.4, -0.2) is 32.0 Å². The first-order valence-corrected chi connectivity index (χ1v) is 7.74. The number of esters is 2. The van der Waals surface area contributed by atoms with Crippen LogP contribution in [0.5, 0.6) is 5.75 Å². The molecule has 0 saturated carbocycles. The highest BCUT2D eigenvalue weighted by molar-refractivity contribution is 7.86. The molecule has 23 heavy (non-hydrogen) atoms. The highest BCUT2D eigenvalue weighted by Gasteiger charge is 2.27. The molecule has 0 aliphatic heterocycles. The average Bonchev–Trinajstić information content (AvgIpc) is 2.53. The molecule has 0 fully saturated rings. The molecule has 0 aliphatic carbocycles. The molecule has 0 amide bonds. The van der Waals surface area contributed by atoms with Crippen LogP contribution >= 0.6 is 0 Å². The van der Waals surface area contributed by atoms with Gasteiger partial charge < -0.3 is 9.47 Å². The van der Waals surface area contributed by atoms with Crippen molar-refractivity contribution in [1.29, 1.82) is 0 Å². The molecule has 2 aromatic rings. The number of methoxy groups -OCH3 is 1. The lowest BCUT2D eigenvalue weighted by atomic mass is 10.2. The molecule has 0 bridgehead atoms. The van der Waals surface area contributed by atoms with E-state index in [1.807, 2.05) is 0 Å². The van der Waals surface area contributed by atoms with Gasteiger partial charge in [0.05, 0.1) is 18.2 Å². The van der Waals surface area contributed by atoms with E-state index in [9.17, 15) is 22.6 Å². The lowest BCUT2D eigenvalue weighted by Gasteiger charge is -2.10. The van der Waals surface area contributed by atoms with E-state index in [-0.39, 0.29) is 11.3 Å². The Labute approximate surface area is 132 Å². The molecule has 2 rings (SSSR count). The van der Waals surface area contributed by atoms with Crippen LogP contribution in [0, 0.1) is 0 Å². The number of carbonyl (C=O) groups excluding carboxylic acids is 2. The first kappa shape index (κ1) is 16.7. The van der Waals surface area contributed by atoms with E-state index in [0.717, 1.165) is 6.07 Å². The zero-order chi connectivity index (χ0) is 17.0. The third kappa shape index (κ3) is 3.74. The van der Waals surface area contributed by atoms with Crippen LogP contribution in [0.4, 0.5) is 0 Å². The van der Waals surface area contributed by atoms with Gasteiger partial charge in [0.25, 0.3) is 10.1 Å². The minimum atomic E-state index is -4.76. The van der Waals surface area contributed by atoms with Crippen molar-refractivity contribution in [3.63, 3.8) is 0 Å². The van der Waals surface area contributed by atoms with Crippen LogP contribution in [0.15, 0.2) is 53.4 Å². The standard InChI is InChI=1S/C15H12O7S/c1-21-12-9-5-8-11(13(12)23(18,19)20)15(17)22-14(16)10-6-3-2-4-7-10/h2-9H,1H3,(H,18,19,20). The van der Waals surface area contributed by atoms with Gasteiger partial charge in [0.1, 0.15) is 5.75 Å². The Hall–Kier alpha value is -2.71. The van der Waals surface area contributed by atoms with Gasteiger partial charge in [-0.2, -0.15) is 8.42 Å². The maximum atomic E-state index is 12.1. The summed E-state index contributed by atoms with van der Waals surface area (Å²) in [4.78, 5) is 23.2. The molecule has 0 aromatic heterocycles. The molecule has 0 heterocycles. The number of hydrogen-bond acceptors (Lipinski definition) is 6. The van der Waals surface area contributed by atoms with Gasteiger partial charge in [-0.3, -0.25) is 4.55 Å². The first-order chi connectivity index (χ1) is 10.8. The summed E-state index contributed by atoms with van der Waals surface area (Å²) in [5.41, 5.74) is -0.381. The van der Waals surface area contributed by atoms with Crippen molar-refractivity contribution in [2.75, 3.05) is 7.11 Å². The number of rotatable bonds is 4. The maximum absolute atomic E-state index is 12.1. The summed E-state index contributed by atoms with van der Waals surface area (Å²) in [5, 5.41) is 0. The van der Waals surface area contributed by atoms with Crippen molar-refractivity contribution in [2.45, 2.75) is 4.90 Å². The predicted molar refractivity (Wildman–Crippen MR) is 79.0 cm³/mol. The lowest BCUT2D eigenvalue weighted by Crippen LogP contribution is -2.16. The van der Waals surface area contributed by atoms with E-state index in [1.54, 1.807) is 18.2 Å². The molecule has 2 aromatic carbocycles. The zero-order valence-electron chi connectivity index (χ0n) is 11.9. The summed E-state index contributed by atoms with van der Waals surface area (Å²) in [7, 11) is -3.58. The average molecular weight is 336 g/mol. The summed E-state index contributed by atoms with van der Waals surface area (Å²) in [5.74, 6) is -2.40. The highest BCUT2D eigenvalue weighted by atomic mass is 32.2. The third-order valence-corrected chi connectivity index (χ3v) is 3.81. The Morgan fingerprint density at radius 1 is 0.957 bits per heavy atom. The summed E-state index contributed by atoms with van der Waals surface area (Å²) >= 11 is 0. The van der Waals surface area contributed by atoms with E-state index in [4.69, 9.17) is 4.74 Å². The summed E-state index contributed by atoms with van der Waals surface area (Å²) < 4.78 is 41.7. The Bertz CT molecular complexity index is 841. The molecule has 0 unspecified atom stereocenters. The smallest absolute Gasteiger partial charge is 0.347 e. The summed E-state index contributed by atoms with van der Waals surface area (Å²) in [6.45, 7) is 0. The van der Waals surface area contributed by atoms with Crippen molar-refractivity contribution in [3.05, 3.63) is 59.7 Å². The minimum Gasteiger partial charge on any atom is -0.495 e. The summed E-state index contributed by atoms with van der Waals surface area (Å²) in [6.07, 6.45) is 0. The first-order valence-electron chi connectivity index (χ1n) is 6.30. The van der Waals surface area contributed by atoms with Crippen LogP contribution < -0.4 is 4.74 Å².